The SMILES string of the molecule is CCCCCCCCCCCCCCOCC(COC(=O)NCCC(=O)NCC(C)(CC)OCCC(C)(C)O)OCCCCCCCCCCCCCC. The van der Waals surface area contributed by atoms with Crippen molar-refractivity contribution in [2.45, 2.75) is 232 Å². The molecule has 9 nitrogen and oxygen atoms in total. The minimum absolute atomic E-state index is 0.117. The van der Waals surface area contributed by atoms with Gasteiger partial charge in [0.2, 0.25) is 5.91 Å². The van der Waals surface area contributed by atoms with Crippen molar-refractivity contribution in [1.29, 1.82) is 0 Å². The van der Waals surface area contributed by atoms with Crippen LogP contribution in [0.15, 0.2) is 0 Å². The van der Waals surface area contributed by atoms with E-state index in [1.807, 2.05) is 13.8 Å². The van der Waals surface area contributed by atoms with Crippen molar-refractivity contribution in [3.05, 3.63) is 0 Å². The van der Waals surface area contributed by atoms with Crippen LogP contribution >= 0.6 is 0 Å². The fraction of sp³-hybridized carbons (Fsp3) is 0.956. The average molecular weight is 771 g/mol. The molecule has 0 aliphatic rings. The Morgan fingerprint density at radius 1 is 0.593 bits per heavy atom. The van der Waals surface area contributed by atoms with Gasteiger partial charge in [-0.2, -0.15) is 0 Å². The summed E-state index contributed by atoms with van der Waals surface area (Å²) >= 11 is 0. The minimum atomic E-state index is -0.796. The van der Waals surface area contributed by atoms with Crippen molar-refractivity contribution in [2.75, 3.05) is 46.1 Å². The summed E-state index contributed by atoms with van der Waals surface area (Å²) in [4.78, 5) is 24.9. The second kappa shape index (κ2) is 37.2. The number of aliphatic hydroxyl groups is 1. The lowest BCUT2D eigenvalue weighted by Gasteiger charge is -2.30. The summed E-state index contributed by atoms with van der Waals surface area (Å²) < 4.78 is 23.6. The molecule has 0 fully saturated rings. The molecule has 0 aromatic rings. The molecule has 54 heavy (non-hydrogen) atoms. The van der Waals surface area contributed by atoms with Gasteiger partial charge in [-0.3, -0.25) is 4.79 Å². The molecule has 0 saturated carbocycles. The van der Waals surface area contributed by atoms with E-state index in [0.717, 1.165) is 25.7 Å². The van der Waals surface area contributed by atoms with Crippen LogP contribution < -0.4 is 10.6 Å². The van der Waals surface area contributed by atoms with Crippen LogP contribution in [0.1, 0.15) is 215 Å². The first-order chi connectivity index (χ1) is 26.0. The largest absolute Gasteiger partial charge is 0.447 e. The predicted octanol–water partition coefficient (Wildman–Crippen LogP) is 11.4. The molecular formula is C45H90N2O7. The Bertz CT molecular complexity index is 837. The highest BCUT2D eigenvalue weighted by molar-refractivity contribution is 5.77. The highest BCUT2D eigenvalue weighted by Crippen LogP contribution is 2.17. The molecule has 0 radical (unpaired) electrons. The third-order valence-corrected chi connectivity index (χ3v) is 10.4. The first-order valence-electron chi connectivity index (χ1n) is 22.8. The Labute approximate surface area is 333 Å². The Balaban J connectivity index is 4.38. The maximum Gasteiger partial charge on any atom is 0.407 e. The highest BCUT2D eigenvalue weighted by atomic mass is 16.6. The van der Waals surface area contributed by atoms with Gasteiger partial charge < -0.3 is 34.7 Å². The van der Waals surface area contributed by atoms with Crippen molar-refractivity contribution < 1.29 is 33.6 Å². The second-order valence-corrected chi connectivity index (χ2v) is 16.6. The van der Waals surface area contributed by atoms with Gasteiger partial charge in [0.15, 0.2) is 0 Å². The fourth-order valence-electron chi connectivity index (χ4n) is 6.29. The van der Waals surface area contributed by atoms with Crippen LogP contribution in [0.2, 0.25) is 0 Å². The van der Waals surface area contributed by atoms with Crippen LogP contribution in [0.4, 0.5) is 4.79 Å². The molecule has 0 aromatic heterocycles. The summed E-state index contributed by atoms with van der Waals surface area (Å²) in [5, 5.41) is 15.5. The number of nitrogens with one attached hydrogen (secondary N) is 2. The standard InChI is InChI=1S/C45H90N2O7/c1-7-10-12-14-16-18-20-22-24-26-28-30-35-51-38-41(52-36-31-29-27-25-23-21-19-17-15-13-11-8-2)39-53-43(49)46-34-32-42(48)47-40-45(6,9-3)54-37-33-44(4,5)50/h41,50H,7-40H2,1-6H3,(H,46,49)(H,47,48). The second-order valence-electron chi connectivity index (χ2n) is 16.6. The van der Waals surface area contributed by atoms with Gasteiger partial charge in [0.1, 0.15) is 12.7 Å². The van der Waals surface area contributed by atoms with Crippen molar-refractivity contribution in [2.24, 2.45) is 0 Å². The highest BCUT2D eigenvalue weighted by Gasteiger charge is 2.25. The zero-order valence-electron chi connectivity index (χ0n) is 36.5. The number of rotatable bonds is 41. The average Bonchev–Trinajstić information content (AvgIpc) is 3.14. The summed E-state index contributed by atoms with van der Waals surface area (Å²) in [6.07, 6.45) is 31.8. The van der Waals surface area contributed by atoms with Gasteiger partial charge in [-0.1, -0.05) is 162 Å². The van der Waals surface area contributed by atoms with Crippen LogP contribution in [0.5, 0.6) is 0 Å². The lowest BCUT2D eigenvalue weighted by Crippen LogP contribution is -2.43. The van der Waals surface area contributed by atoms with Gasteiger partial charge in [-0.25, -0.2) is 4.79 Å². The van der Waals surface area contributed by atoms with Gasteiger partial charge in [0.25, 0.3) is 0 Å². The topological polar surface area (TPSA) is 115 Å². The van der Waals surface area contributed by atoms with Crippen molar-refractivity contribution in [1.82, 2.24) is 10.6 Å². The quantitative estimate of drug-likeness (QED) is 0.0530. The number of unbranched alkanes of at least 4 members (excludes halogenated alkanes) is 22. The normalized spacial score (nSPS) is 13.5. The molecule has 3 N–H and O–H groups in total. The van der Waals surface area contributed by atoms with Gasteiger partial charge in [0.05, 0.1) is 24.4 Å². The molecule has 2 unspecified atom stereocenters. The molecule has 9 heteroatoms. The number of alkyl carbamates (subject to hydrolysis) is 1. The Morgan fingerprint density at radius 2 is 1.06 bits per heavy atom. The maximum atomic E-state index is 12.5. The first kappa shape index (κ1) is 52.6. The summed E-state index contributed by atoms with van der Waals surface area (Å²) in [7, 11) is 0. The molecule has 2 atom stereocenters. The molecule has 0 heterocycles. The predicted molar refractivity (Wildman–Crippen MR) is 225 cm³/mol. The summed E-state index contributed by atoms with van der Waals surface area (Å²) in [5.74, 6) is -0.170. The fourth-order valence-corrected chi connectivity index (χ4v) is 6.29. The van der Waals surface area contributed by atoms with E-state index in [4.69, 9.17) is 18.9 Å². The van der Waals surface area contributed by atoms with E-state index < -0.39 is 17.3 Å². The van der Waals surface area contributed by atoms with Gasteiger partial charge >= 0.3 is 6.09 Å². The van der Waals surface area contributed by atoms with Crippen LogP contribution in [0.3, 0.4) is 0 Å². The molecule has 0 aromatic carbocycles. The minimum Gasteiger partial charge on any atom is -0.447 e. The first-order valence-corrected chi connectivity index (χ1v) is 22.8. The third kappa shape index (κ3) is 37.5. The summed E-state index contributed by atoms with van der Waals surface area (Å²) in [6, 6.07) is 0. The third-order valence-electron chi connectivity index (χ3n) is 10.4. The Hall–Kier alpha value is -1.42. The van der Waals surface area contributed by atoms with Crippen LogP contribution in [-0.2, 0) is 23.7 Å². The molecular weight excluding hydrogens is 681 g/mol. The molecule has 0 rings (SSSR count). The number of carbonyl (C=O) groups is 2. The van der Waals surface area contributed by atoms with Crippen LogP contribution in [0.25, 0.3) is 0 Å². The van der Waals surface area contributed by atoms with Gasteiger partial charge in [0, 0.05) is 32.7 Å². The van der Waals surface area contributed by atoms with Crippen molar-refractivity contribution >= 4 is 12.0 Å². The van der Waals surface area contributed by atoms with Gasteiger partial charge in [-0.05, 0) is 46.5 Å². The lowest BCUT2D eigenvalue weighted by molar-refractivity contribution is -0.123. The molecule has 0 aliphatic carbocycles. The zero-order chi connectivity index (χ0) is 40.0. The molecule has 2 amide bonds. The summed E-state index contributed by atoms with van der Waals surface area (Å²) in [5.41, 5.74) is -1.32. The van der Waals surface area contributed by atoms with Crippen LogP contribution in [-0.4, -0.2) is 80.5 Å². The Kier molecular flexibility index (Phi) is 36.2. The molecule has 0 saturated heterocycles. The smallest absolute Gasteiger partial charge is 0.407 e. The van der Waals surface area contributed by atoms with E-state index in [2.05, 4.69) is 24.5 Å². The van der Waals surface area contributed by atoms with Gasteiger partial charge in [-0.15, -0.1) is 0 Å². The lowest BCUT2D eigenvalue weighted by atomic mass is 10.0. The number of amides is 2. The Morgan fingerprint density at radius 3 is 1.52 bits per heavy atom. The molecule has 0 spiro atoms. The van der Waals surface area contributed by atoms with E-state index in [1.54, 1.807) is 13.8 Å². The number of ether oxygens (including phenoxy) is 4. The number of hydrogen-bond acceptors (Lipinski definition) is 7. The molecule has 0 aliphatic heterocycles. The maximum absolute atomic E-state index is 12.5. The van der Waals surface area contributed by atoms with Crippen molar-refractivity contribution in [3.8, 4) is 0 Å². The number of hydrogen-bond donors (Lipinski definition) is 3. The molecule has 0 bridgehead atoms. The van der Waals surface area contributed by atoms with E-state index in [9.17, 15) is 14.7 Å². The molecule has 322 valence electrons. The van der Waals surface area contributed by atoms with E-state index in [0.29, 0.717) is 39.4 Å². The van der Waals surface area contributed by atoms with Crippen molar-refractivity contribution in [3.63, 3.8) is 0 Å². The zero-order valence-corrected chi connectivity index (χ0v) is 36.5. The van der Waals surface area contributed by atoms with E-state index in [-0.39, 0.29) is 31.6 Å². The van der Waals surface area contributed by atoms with E-state index in [1.165, 1.54) is 135 Å². The number of carbonyl (C=O) groups excluding carboxylic acids is 2. The summed E-state index contributed by atoms with van der Waals surface area (Å²) in [6.45, 7) is 14.8. The van der Waals surface area contributed by atoms with Crippen LogP contribution in [0, 0.1) is 0 Å². The monoisotopic (exact) mass is 771 g/mol. The van der Waals surface area contributed by atoms with E-state index >= 15 is 0 Å².